The summed E-state index contributed by atoms with van der Waals surface area (Å²) in [5.41, 5.74) is 0.693. The first-order valence-corrected chi connectivity index (χ1v) is 6.73. The van der Waals surface area contributed by atoms with E-state index in [0.29, 0.717) is 11.7 Å². The lowest BCUT2D eigenvalue weighted by molar-refractivity contribution is 0.0643. The van der Waals surface area contributed by atoms with E-state index in [-0.39, 0.29) is 5.41 Å². The molecule has 1 aromatic rings. The van der Waals surface area contributed by atoms with Crippen molar-refractivity contribution in [1.82, 2.24) is 0 Å². The molecule has 0 radical (unpaired) electrons. The van der Waals surface area contributed by atoms with Crippen LogP contribution in [0.15, 0.2) is 54.6 Å². The van der Waals surface area contributed by atoms with Gasteiger partial charge in [0.1, 0.15) is 0 Å². The predicted molar refractivity (Wildman–Crippen MR) is 73.4 cm³/mol. The Bertz CT molecular complexity index is 478. The van der Waals surface area contributed by atoms with Crippen molar-refractivity contribution < 1.29 is 4.79 Å². The molecule has 0 heterocycles. The molecule has 3 rings (SSSR count). The number of carbonyl (C=O) groups excluding carboxylic acids is 1. The van der Waals surface area contributed by atoms with E-state index in [1.807, 2.05) is 30.3 Å². The Hall–Kier alpha value is -1.63. The van der Waals surface area contributed by atoms with Crippen LogP contribution >= 0.6 is 0 Å². The van der Waals surface area contributed by atoms with Gasteiger partial charge in [0, 0.05) is 11.0 Å². The van der Waals surface area contributed by atoms with Crippen LogP contribution in [0.1, 0.15) is 36.0 Å². The molecule has 0 aliphatic heterocycles. The zero-order valence-electron chi connectivity index (χ0n) is 10.5. The molecule has 0 saturated heterocycles. The maximum absolute atomic E-state index is 12.9. The topological polar surface area (TPSA) is 17.1 Å². The van der Waals surface area contributed by atoms with Crippen LogP contribution in [-0.4, -0.2) is 5.78 Å². The lowest BCUT2D eigenvalue weighted by Crippen LogP contribution is -2.40. The summed E-state index contributed by atoms with van der Waals surface area (Å²) in [6.07, 6.45) is 12.7. The number of rotatable bonds is 2. The lowest BCUT2D eigenvalue weighted by Gasteiger charge is -2.42. The van der Waals surface area contributed by atoms with E-state index in [0.717, 1.165) is 31.2 Å². The lowest BCUT2D eigenvalue weighted by atomic mass is 9.60. The van der Waals surface area contributed by atoms with E-state index in [1.54, 1.807) is 0 Å². The van der Waals surface area contributed by atoms with Gasteiger partial charge in [0.05, 0.1) is 0 Å². The summed E-state index contributed by atoms with van der Waals surface area (Å²) in [5, 5.41) is 0. The van der Waals surface area contributed by atoms with Gasteiger partial charge in [0.2, 0.25) is 0 Å². The fraction of sp³-hybridized carbons (Fsp3) is 0.353. The molecule has 0 N–H and O–H groups in total. The van der Waals surface area contributed by atoms with Gasteiger partial charge in [-0.2, -0.15) is 0 Å². The highest BCUT2D eigenvalue weighted by molar-refractivity contribution is 6.01. The number of hydrogen-bond acceptors (Lipinski definition) is 1. The molecular weight excluding hydrogens is 220 g/mol. The number of Topliss-reactive ketones (excluding diaryl/α,β-unsaturated/α-hetero) is 1. The van der Waals surface area contributed by atoms with Gasteiger partial charge in [-0.15, -0.1) is 0 Å². The molecule has 0 saturated carbocycles. The van der Waals surface area contributed by atoms with Crippen molar-refractivity contribution in [2.75, 3.05) is 0 Å². The zero-order chi connectivity index (χ0) is 12.4. The van der Waals surface area contributed by atoms with Gasteiger partial charge in [-0.1, -0.05) is 54.6 Å². The number of fused-ring (bicyclic) bond motifs is 1. The molecule has 0 aromatic heterocycles. The van der Waals surface area contributed by atoms with Gasteiger partial charge in [-0.05, 0) is 31.6 Å². The van der Waals surface area contributed by atoms with Crippen LogP contribution in [0.2, 0.25) is 0 Å². The van der Waals surface area contributed by atoms with Gasteiger partial charge in [-0.25, -0.2) is 0 Å². The van der Waals surface area contributed by atoms with Crippen LogP contribution in [0, 0.1) is 11.3 Å². The standard InChI is InChI=1S/C17H18O/c18-16(14-8-2-1-3-9-14)17-12-6-4-10-15(17)11-5-7-13-17/h1-9,15H,10-13H2. The van der Waals surface area contributed by atoms with Crippen LogP contribution < -0.4 is 0 Å². The summed E-state index contributed by atoms with van der Waals surface area (Å²) in [4.78, 5) is 12.9. The summed E-state index contributed by atoms with van der Waals surface area (Å²) in [6.45, 7) is 0. The van der Waals surface area contributed by atoms with Crippen molar-refractivity contribution in [3.05, 3.63) is 60.2 Å². The number of benzene rings is 1. The zero-order valence-corrected chi connectivity index (χ0v) is 10.5. The summed E-state index contributed by atoms with van der Waals surface area (Å²) >= 11 is 0. The van der Waals surface area contributed by atoms with E-state index in [9.17, 15) is 4.79 Å². The van der Waals surface area contributed by atoms with Crippen LogP contribution in [-0.2, 0) is 0 Å². The van der Waals surface area contributed by atoms with E-state index in [4.69, 9.17) is 0 Å². The summed E-state index contributed by atoms with van der Waals surface area (Å²) in [5.74, 6) is 0.821. The van der Waals surface area contributed by atoms with Crippen LogP contribution in [0.4, 0.5) is 0 Å². The van der Waals surface area contributed by atoms with Gasteiger partial charge < -0.3 is 0 Å². The molecule has 2 aliphatic carbocycles. The number of hydrogen-bond donors (Lipinski definition) is 0. The van der Waals surface area contributed by atoms with Gasteiger partial charge in [-0.3, -0.25) is 4.79 Å². The minimum absolute atomic E-state index is 0.176. The number of ketones is 1. The molecule has 0 fully saturated rings. The maximum Gasteiger partial charge on any atom is 0.169 e. The van der Waals surface area contributed by atoms with Crippen molar-refractivity contribution in [2.24, 2.45) is 11.3 Å². The average molecular weight is 238 g/mol. The normalized spacial score (nSPS) is 29.9. The third-order valence-corrected chi connectivity index (χ3v) is 4.41. The van der Waals surface area contributed by atoms with Crippen molar-refractivity contribution in [1.29, 1.82) is 0 Å². The fourth-order valence-corrected chi connectivity index (χ4v) is 3.32. The van der Waals surface area contributed by atoms with E-state index < -0.39 is 0 Å². The van der Waals surface area contributed by atoms with Crippen LogP contribution in [0.25, 0.3) is 0 Å². The first-order chi connectivity index (χ1) is 8.83. The van der Waals surface area contributed by atoms with E-state index in [2.05, 4.69) is 24.3 Å². The quantitative estimate of drug-likeness (QED) is 0.558. The number of carbonyl (C=O) groups is 1. The molecule has 92 valence electrons. The Morgan fingerprint density at radius 2 is 1.56 bits per heavy atom. The van der Waals surface area contributed by atoms with Crippen molar-refractivity contribution >= 4 is 5.78 Å². The van der Waals surface area contributed by atoms with Crippen molar-refractivity contribution in [3.8, 4) is 0 Å². The Morgan fingerprint density at radius 3 is 2.17 bits per heavy atom. The third kappa shape index (κ3) is 1.74. The first-order valence-electron chi connectivity index (χ1n) is 6.73. The maximum atomic E-state index is 12.9. The van der Waals surface area contributed by atoms with Crippen molar-refractivity contribution in [2.45, 2.75) is 25.7 Å². The molecule has 0 spiro atoms. The second-order valence-electron chi connectivity index (χ2n) is 5.37. The van der Waals surface area contributed by atoms with E-state index in [1.165, 1.54) is 0 Å². The molecule has 2 aliphatic rings. The Balaban J connectivity index is 2.00. The van der Waals surface area contributed by atoms with Gasteiger partial charge in [0.15, 0.2) is 5.78 Å². The minimum Gasteiger partial charge on any atom is -0.294 e. The molecule has 1 aromatic carbocycles. The van der Waals surface area contributed by atoms with Gasteiger partial charge >= 0.3 is 0 Å². The Morgan fingerprint density at radius 1 is 0.944 bits per heavy atom. The summed E-state index contributed by atoms with van der Waals surface area (Å²) in [7, 11) is 0. The third-order valence-electron chi connectivity index (χ3n) is 4.41. The minimum atomic E-state index is -0.176. The van der Waals surface area contributed by atoms with Crippen LogP contribution in [0.5, 0.6) is 0 Å². The molecule has 0 unspecified atom stereocenters. The van der Waals surface area contributed by atoms with Gasteiger partial charge in [0.25, 0.3) is 0 Å². The first kappa shape index (κ1) is 11.5. The summed E-state index contributed by atoms with van der Waals surface area (Å²) in [6, 6.07) is 9.77. The monoisotopic (exact) mass is 238 g/mol. The predicted octanol–water partition coefficient (Wildman–Crippen LogP) is 4.17. The molecule has 1 heteroatoms. The average Bonchev–Trinajstić information content (AvgIpc) is 2.47. The molecule has 18 heavy (non-hydrogen) atoms. The highest BCUT2D eigenvalue weighted by atomic mass is 16.1. The molecule has 0 bridgehead atoms. The molecule has 1 nitrogen and oxygen atoms in total. The number of allylic oxidation sites excluding steroid dienone is 4. The molecule has 0 amide bonds. The van der Waals surface area contributed by atoms with Crippen molar-refractivity contribution in [3.63, 3.8) is 0 Å². The smallest absolute Gasteiger partial charge is 0.169 e. The second kappa shape index (κ2) is 4.56. The SMILES string of the molecule is O=C(c1ccccc1)C12CC=CCC1CC=CC2. The highest BCUT2D eigenvalue weighted by Crippen LogP contribution is 2.48. The van der Waals surface area contributed by atoms with Crippen LogP contribution in [0.3, 0.4) is 0 Å². The fourth-order valence-electron chi connectivity index (χ4n) is 3.32. The Labute approximate surface area is 108 Å². The molecule has 0 atom stereocenters. The summed E-state index contributed by atoms with van der Waals surface area (Å²) < 4.78 is 0. The highest BCUT2D eigenvalue weighted by Gasteiger charge is 2.45. The van der Waals surface area contributed by atoms with E-state index >= 15 is 0 Å². The molecular formula is C17H18O. The largest absolute Gasteiger partial charge is 0.294 e. The Kier molecular flexibility index (Phi) is 2.91. The second-order valence-corrected chi connectivity index (χ2v) is 5.37.